The van der Waals surface area contributed by atoms with Crippen molar-refractivity contribution in [2.24, 2.45) is 5.92 Å². The summed E-state index contributed by atoms with van der Waals surface area (Å²) in [7, 11) is 0. The minimum atomic E-state index is -0.457. The molecule has 0 spiro atoms. The molecule has 0 saturated heterocycles. The summed E-state index contributed by atoms with van der Waals surface area (Å²) >= 11 is 6.04. The number of halogens is 1. The molecule has 1 aromatic carbocycles. The Morgan fingerprint density at radius 2 is 2.28 bits per heavy atom. The van der Waals surface area contributed by atoms with Gasteiger partial charge in [0, 0.05) is 19.2 Å². The summed E-state index contributed by atoms with van der Waals surface area (Å²) in [6.45, 7) is 4.61. The van der Waals surface area contributed by atoms with Crippen LogP contribution in [-0.4, -0.2) is 18.0 Å². The van der Waals surface area contributed by atoms with Gasteiger partial charge in [-0.3, -0.25) is 10.1 Å². The van der Waals surface area contributed by atoms with Crippen molar-refractivity contribution in [1.82, 2.24) is 0 Å². The molecule has 96 valence electrons. The van der Waals surface area contributed by atoms with Crippen LogP contribution in [0.25, 0.3) is 0 Å². The lowest BCUT2D eigenvalue weighted by molar-refractivity contribution is -0.384. The molecule has 0 saturated carbocycles. The van der Waals surface area contributed by atoms with Crippen molar-refractivity contribution in [2.75, 3.05) is 18.0 Å². The molecule has 5 nitrogen and oxygen atoms in total. The summed E-state index contributed by atoms with van der Waals surface area (Å²) < 4.78 is 0. The minimum absolute atomic E-state index is 0.0329. The van der Waals surface area contributed by atoms with E-state index in [0.717, 1.165) is 0 Å². The Morgan fingerprint density at radius 1 is 1.61 bits per heavy atom. The minimum Gasteiger partial charge on any atom is -0.364 e. The molecule has 0 N–H and O–H groups in total. The predicted molar refractivity (Wildman–Crippen MR) is 70.8 cm³/mol. The lowest BCUT2D eigenvalue weighted by atomic mass is 10.1. The van der Waals surface area contributed by atoms with Crippen molar-refractivity contribution in [3.05, 3.63) is 33.3 Å². The van der Waals surface area contributed by atoms with E-state index in [0.29, 0.717) is 23.8 Å². The fourth-order valence-electron chi connectivity index (χ4n) is 1.71. The van der Waals surface area contributed by atoms with E-state index < -0.39 is 4.92 Å². The van der Waals surface area contributed by atoms with Crippen molar-refractivity contribution in [1.29, 1.82) is 5.26 Å². The molecule has 0 aliphatic heterocycles. The van der Waals surface area contributed by atoms with Crippen LogP contribution in [0.1, 0.15) is 13.8 Å². The third-order valence-electron chi connectivity index (χ3n) is 2.57. The smallest absolute Gasteiger partial charge is 0.294 e. The summed E-state index contributed by atoms with van der Waals surface area (Å²) in [5.74, 6) is -0.221. The topological polar surface area (TPSA) is 70.2 Å². The molecule has 1 atom stereocenters. The third kappa shape index (κ3) is 3.11. The van der Waals surface area contributed by atoms with Gasteiger partial charge in [0.25, 0.3) is 5.69 Å². The van der Waals surface area contributed by atoms with E-state index in [9.17, 15) is 10.1 Å². The monoisotopic (exact) mass is 267 g/mol. The van der Waals surface area contributed by atoms with Crippen LogP contribution in [0, 0.1) is 27.4 Å². The van der Waals surface area contributed by atoms with E-state index in [1.165, 1.54) is 6.07 Å². The maximum Gasteiger partial charge on any atom is 0.294 e. The molecule has 0 aliphatic rings. The Labute approximate surface area is 111 Å². The maximum absolute atomic E-state index is 11.0. The molecule has 1 unspecified atom stereocenters. The van der Waals surface area contributed by atoms with Crippen molar-refractivity contribution in [3.8, 4) is 6.07 Å². The number of nitro groups is 1. The Bertz CT molecular complexity index is 485. The highest BCUT2D eigenvalue weighted by molar-refractivity contribution is 6.33. The van der Waals surface area contributed by atoms with Crippen LogP contribution < -0.4 is 4.90 Å². The van der Waals surface area contributed by atoms with Gasteiger partial charge in [0.05, 0.1) is 21.9 Å². The molecule has 0 radical (unpaired) electrons. The summed E-state index contributed by atoms with van der Waals surface area (Å²) in [6, 6.07) is 6.69. The number of hydrogen-bond acceptors (Lipinski definition) is 4. The van der Waals surface area contributed by atoms with Gasteiger partial charge in [-0.25, -0.2) is 0 Å². The molecular formula is C12H14ClN3O2. The number of nitro benzene ring substituents is 1. The first-order valence-electron chi connectivity index (χ1n) is 5.58. The molecule has 0 heterocycles. The Hall–Kier alpha value is -1.80. The zero-order valence-electron chi connectivity index (χ0n) is 10.3. The van der Waals surface area contributed by atoms with E-state index in [2.05, 4.69) is 6.07 Å². The van der Waals surface area contributed by atoms with Gasteiger partial charge in [-0.05, 0) is 19.9 Å². The number of nitrogens with zero attached hydrogens (tertiary/aromatic N) is 3. The second-order valence-electron chi connectivity index (χ2n) is 3.93. The summed E-state index contributed by atoms with van der Waals surface area (Å²) in [5.41, 5.74) is 0.350. The quantitative estimate of drug-likeness (QED) is 0.606. The van der Waals surface area contributed by atoms with E-state index in [1.807, 2.05) is 6.92 Å². The molecule has 0 bridgehead atoms. The van der Waals surface area contributed by atoms with Gasteiger partial charge in [0.2, 0.25) is 0 Å². The number of rotatable bonds is 5. The maximum atomic E-state index is 11.0. The Morgan fingerprint density at radius 3 is 2.78 bits per heavy atom. The first-order chi connectivity index (χ1) is 8.51. The standard InChI is InChI=1S/C12H14ClN3O2/c1-3-15(8-9(2)7-14)12-10(13)5-4-6-11(12)16(17)18/h4-6,9H,3,8H2,1-2H3. The second-order valence-corrected chi connectivity index (χ2v) is 4.34. The van der Waals surface area contributed by atoms with E-state index in [1.54, 1.807) is 24.0 Å². The normalized spacial score (nSPS) is 11.7. The average Bonchev–Trinajstić information content (AvgIpc) is 2.35. The van der Waals surface area contributed by atoms with Crippen LogP contribution in [0.4, 0.5) is 11.4 Å². The third-order valence-corrected chi connectivity index (χ3v) is 2.88. The molecule has 1 rings (SSSR count). The van der Waals surface area contributed by atoms with Gasteiger partial charge >= 0.3 is 0 Å². The lowest BCUT2D eigenvalue weighted by Crippen LogP contribution is -2.28. The van der Waals surface area contributed by atoms with Crippen LogP contribution >= 0.6 is 11.6 Å². The molecule has 1 aromatic rings. The summed E-state index contributed by atoms with van der Waals surface area (Å²) in [4.78, 5) is 12.3. The zero-order valence-corrected chi connectivity index (χ0v) is 11.0. The van der Waals surface area contributed by atoms with Gasteiger partial charge in [-0.1, -0.05) is 17.7 Å². The highest BCUT2D eigenvalue weighted by Gasteiger charge is 2.22. The highest BCUT2D eigenvalue weighted by Crippen LogP contribution is 2.35. The molecule has 6 heteroatoms. The number of hydrogen-bond donors (Lipinski definition) is 0. The molecule has 18 heavy (non-hydrogen) atoms. The summed E-state index contributed by atoms with van der Waals surface area (Å²) in [6.07, 6.45) is 0. The van der Waals surface area contributed by atoms with E-state index in [-0.39, 0.29) is 11.6 Å². The van der Waals surface area contributed by atoms with Crippen molar-refractivity contribution in [2.45, 2.75) is 13.8 Å². The molecule has 0 aliphatic carbocycles. The fourth-order valence-corrected chi connectivity index (χ4v) is 2.00. The van der Waals surface area contributed by atoms with Gasteiger partial charge in [-0.15, -0.1) is 0 Å². The first-order valence-corrected chi connectivity index (χ1v) is 5.96. The summed E-state index contributed by atoms with van der Waals surface area (Å²) in [5, 5.41) is 20.2. The molecule has 0 amide bonds. The molecule has 0 aromatic heterocycles. The van der Waals surface area contributed by atoms with Gasteiger partial charge in [-0.2, -0.15) is 5.26 Å². The van der Waals surface area contributed by atoms with Crippen LogP contribution in [0.2, 0.25) is 5.02 Å². The van der Waals surface area contributed by atoms with Crippen LogP contribution in [0.5, 0.6) is 0 Å². The molecular weight excluding hydrogens is 254 g/mol. The van der Waals surface area contributed by atoms with Gasteiger partial charge in [0.1, 0.15) is 5.69 Å². The van der Waals surface area contributed by atoms with Crippen LogP contribution in [0.15, 0.2) is 18.2 Å². The average molecular weight is 268 g/mol. The number of para-hydroxylation sites is 1. The first kappa shape index (κ1) is 14.3. The van der Waals surface area contributed by atoms with E-state index in [4.69, 9.17) is 16.9 Å². The van der Waals surface area contributed by atoms with Crippen molar-refractivity contribution >= 4 is 23.0 Å². The van der Waals surface area contributed by atoms with Crippen molar-refractivity contribution in [3.63, 3.8) is 0 Å². The van der Waals surface area contributed by atoms with Crippen LogP contribution in [-0.2, 0) is 0 Å². The highest BCUT2D eigenvalue weighted by atomic mass is 35.5. The number of nitriles is 1. The SMILES string of the molecule is CCN(CC(C)C#N)c1c(Cl)cccc1[N+](=O)[O-]. The fraction of sp³-hybridized carbons (Fsp3) is 0.417. The van der Waals surface area contributed by atoms with E-state index >= 15 is 0 Å². The Kier molecular flexibility index (Phi) is 4.93. The number of benzene rings is 1. The second kappa shape index (κ2) is 6.22. The zero-order chi connectivity index (χ0) is 13.7. The van der Waals surface area contributed by atoms with Crippen molar-refractivity contribution < 1.29 is 4.92 Å². The largest absolute Gasteiger partial charge is 0.364 e. The van der Waals surface area contributed by atoms with Crippen LogP contribution in [0.3, 0.4) is 0 Å². The van der Waals surface area contributed by atoms with Gasteiger partial charge in [0.15, 0.2) is 0 Å². The Balaban J connectivity index is 3.20. The number of anilines is 1. The lowest BCUT2D eigenvalue weighted by Gasteiger charge is -2.24. The predicted octanol–water partition coefficient (Wildman–Crippen LogP) is 3.23. The van der Waals surface area contributed by atoms with Gasteiger partial charge < -0.3 is 4.90 Å². The molecule has 0 fully saturated rings.